The highest BCUT2D eigenvalue weighted by molar-refractivity contribution is 5.99. The Hall–Kier alpha value is -3.02. The van der Waals surface area contributed by atoms with Crippen molar-refractivity contribution in [3.63, 3.8) is 0 Å². The van der Waals surface area contributed by atoms with Crippen LogP contribution in [-0.4, -0.2) is 30.6 Å². The fourth-order valence-electron chi connectivity index (χ4n) is 5.70. The molecule has 186 valence electrons. The first-order chi connectivity index (χ1) is 17.1. The number of carbonyl (C=O) groups is 2. The van der Waals surface area contributed by atoms with Crippen molar-refractivity contribution in [1.82, 2.24) is 0 Å². The van der Waals surface area contributed by atoms with E-state index in [1.807, 2.05) is 12.1 Å². The number of primary amides is 1. The van der Waals surface area contributed by atoms with Crippen LogP contribution in [0.15, 0.2) is 42.5 Å². The van der Waals surface area contributed by atoms with Gasteiger partial charge >= 0.3 is 0 Å². The molecule has 1 aliphatic heterocycles. The molecule has 6 nitrogen and oxygen atoms in total. The molecular weight excluding hydrogens is 440 g/mol. The fourth-order valence-corrected chi connectivity index (χ4v) is 5.70. The van der Waals surface area contributed by atoms with Crippen LogP contribution in [0.4, 0.5) is 5.69 Å². The summed E-state index contributed by atoms with van der Waals surface area (Å²) in [6.45, 7) is 0.562. The first-order valence-corrected chi connectivity index (χ1v) is 13.2. The van der Waals surface area contributed by atoms with Gasteiger partial charge in [-0.05, 0) is 87.3 Å². The third-order valence-corrected chi connectivity index (χ3v) is 7.70. The fraction of sp³-hybridized carbons (Fsp3) is 0.517. The lowest BCUT2D eigenvalue weighted by molar-refractivity contribution is -0.117. The van der Waals surface area contributed by atoms with Crippen molar-refractivity contribution in [2.24, 2.45) is 5.73 Å². The monoisotopic (exact) mass is 476 g/mol. The van der Waals surface area contributed by atoms with Crippen molar-refractivity contribution in [1.29, 1.82) is 0 Å². The SMILES string of the molecule is NC(=O)c1cccc(N2C[C@H](c3ccc(OC4CCCCCC4)c(OC4CCCC4)c3)CC2=O)c1. The Morgan fingerprint density at radius 3 is 2.17 bits per heavy atom. The third kappa shape index (κ3) is 5.63. The van der Waals surface area contributed by atoms with Gasteiger partial charge in [0.05, 0.1) is 12.2 Å². The van der Waals surface area contributed by atoms with Gasteiger partial charge in [-0.15, -0.1) is 0 Å². The molecular formula is C29H36N2O4. The minimum Gasteiger partial charge on any atom is -0.487 e. The largest absolute Gasteiger partial charge is 0.487 e. The van der Waals surface area contributed by atoms with Crippen molar-refractivity contribution in [2.75, 3.05) is 11.4 Å². The normalized spacial score (nSPS) is 21.8. The molecule has 6 heteroatoms. The number of carbonyl (C=O) groups excluding carboxylic acids is 2. The van der Waals surface area contributed by atoms with Gasteiger partial charge in [0.2, 0.25) is 11.8 Å². The molecule has 5 rings (SSSR count). The van der Waals surface area contributed by atoms with Crippen molar-refractivity contribution in [3.05, 3.63) is 53.6 Å². The summed E-state index contributed by atoms with van der Waals surface area (Å²) in [4.78, 5) is 26.3. The van der Waals surface area contributed by atoms with E-state index in [1.54, 1.807) is 23.1 Å². The van der Waals surface area contributed by atoms with E-state index in [0.717, 1.165) is 42.7 Å². The molecule has 0 unspecified atom stereocenters. The number of nitrogens with zero attached hydrogens (tertiary/aromatic N) is 1. The lowest BCUT2D eigenvalue weighted by Gasteiger charge is -2.23. The van der Waals surface area contributed by atoms with E-state index < -0.39 is 5.91 Å². The molecule has 2 amide bonds. The van der Waals surface area contributed by atoms with Gasteiger partial charge in [0.15, 0.2) is 11.5 Å². The molecule has 0 aromatic heterocycles. The lowest BCUT2D eigenvalue weighted by atomic mass is 9.97. The zero-order valence-electron chi connectivity index (χ0n) is 20.4. The van der Waals surface area contributed by atoms with Gasteiger partial charge in [0.25, 0.3) is 0 Å². The van der Waals surface area contributed by atoms with E-state index in [4.69, 9.17) is 15.2 Å². The van der Waals surface area contributed by atoms with Crippen LogP contribution in [0.1, 0.15) is 92.5 Å². The van der Waals surface area contributed by atoms with Crippen LogP contribution in [0.2, 0.25) is 0 Å². The third-order valence-electron chi connectivity index (χ3n) is 7.70. The summed E-state index contributed by atoms with van der Waals surface area (Å²) < 4.78 is 13.0. The van der Waals surface area contributed by atoms with Gasteiger partial charge in [-0.2, -0.15) is 0 Å². The number of amides is 2. The highest BCUT2D eigenvalue weighted by atomic mass is 16.5. The van der Waals surface area contributed by atoms with E-state index in [9.17, 15) is 9.59 Å². The number of anilines is 1. The number of rotatable bonds is 7. The summed E-state index contributed by atoms with van der Waals surface area (Å²) in [5.41, 5.74) is 7.65. The Bertz CT molecular complexity index is 1050. The van der Waals surface area contributed by atoms with Gasteiger partial charge < -0.3 is 20.1 Å². The zero-order valence-corrected chi connectivity index (χ0v) is 20.4. The Kier molecular flexibility index (Phi) is 7.26. The van der Waals surface area contributed by atoms with Gasteiger partial charge in [0.1, 0.15) is 0 Å². The molecule has 0 radical (unpaired) electrons. The highest BCUT2D eigenvalue weighted by Crippen LogP contribution is 2.39. The second kappa shape index (κ2) is 10.7. The summed E-state index contributed by atoms with van der Waals surface area (Å²) >= 11 is 0. The maximum absolute atomic E-state index is 12.9. The first-order valence-electron chi connectivity index (χ1n) is 13.2. The van der Waals surface area contributed by atoms with Gasteiger partial charge in [0, 0.05) is 30.1 Å². The van der Waals surface area contributed by atoms with E-state index in [2.05, 4.69) is 12.1 Å². The van der Waals surface area contributed by atoms with Crippen LogP contribution in [0.3, 0.4) is 0 Å². The van der Waals surface area contributed by atoms with E-state index in [-0.39, 0.29) is 24.0 Å². The maximum Gasteiger partial charge on any atom is 0.248 e. The Morgan fingerprint density at radius 1 is 0.829 bits per heavy atom. The standard InChI is InChI=1S/C29H36N2O4/c30-29(33)21-8-7-9-23(16-21)31-19-22(18-28(31)32)20-14-15-26(34-24-10-3-1-2-4-11-24)27(17-20)35-25-12-5-6-13-25/h7-9,14-17,22,24-25H,1-6,10-13,18-19H2,(H2,30,33)/t22-/m1/s1. The molecule has 1 saturated heterocycles. The number of nitrogens with two attached hydrogens (primary N) is 1. The topological polar surface area (TPSA) is 81.9 Å². The number of benzene rings is 2. The molecule has 2 aromatic carbocycles. The highest BCUT2D eigenvalue weighted by Gasteiger charge is 2.33. The van der Waals surface area contributed by atoms with E-state index in [0.29, 0.717) is 24.2 Å². The van der Waals surface area contributed by atoms with Crippen molar-refractivity contribution in [3.8, 4) is 11.5 Å². The Morgan fingerprint density at radius 2 is 1.49 bits per heavy atom. The predicted octanol–water partition coefficient (Wildman–Crippen LogP) is 5.73. The summed E-state index contributed by atoms with van der Waals surface area (Å²) in [5.74, 6) is 1.27. The number of ether oxygens (including phenoxy) is 2. The van der Waals surface area contributed by atoms with Crippen molar-refractivity contribution >= 4 is 17.5 Å². The second-order valence-corrected chi connectivity index (χ2v) is 10.3. The predicted molar refractivity (Wildman–Crippen MR) is 136 cm³/mol. The molecule has 1 atom stereocenters. The smallest absolute Gasteiger partial charge is 0.248 e. The van der Waals surface area contributed by atoms with Crippen molar-refractivity contribution in [2.45, 2.75) is 88.8 Å². The molecule has 35 heavy (non-hydrogen) atoms. The van der Waals surface area contributed by atoms with Gasteiger partial charge in [-0.1, -0.05) is 25.0 Å². The molecule has 2 N–H and O–H groups in total. The van der Waals surface area contributed by atoms with Crippen LogP contribution >= 0.6 is 0 Å². The molecule has 1 heterocycles. The van der Waals surface area contributed by atoms with Crippen LogP contribution in [0, 0.1) is 0 Å². The van der Waals surface area contributed by atoms with Crippen LogP contribution in [-0.2, 0) is 4.79 Å². The van der Waals surface area contributed by atoms with Gasteiger partial charge in [-0.3, -0.25) is 9.59 Å². The minimum absolute atomic E-state index is 0.0497. The zero-order chi connectivity index (χ0) is 24.2. The van der Waals surface area contributed by atoms with E-state index in [1.165, 1.54) is 38.5 Å². The van der Waals surface area contributed by atoms with Crippen LogP contribution in [0.25, 0.3) is 0 Å². The van der Waals surface area contributed by atoms with Crippen molar-refractivity contribution < 1.29 is 19.1 Å². The van der Waals surface area contributed by atoms with Crippen LogP contribution < -0.4 is 20.1 Å². The Labute approximate surface area is 207 Å². The van der Waals surface area contributed by atoms with Gasteiger partial charge in [-0.25, -0.2) is 0 Å². The Balaban J connectivity index is 1.36. The minimum atomic E-state index is -0.493. The molecule has 0 bridgehead atoms. The second-order valence-electron chi connectivity index (χ2n) is 10.3. The quantitative estimate of drug-likeness (QED) is 0.518. The average Bonchev–Trinajstić information content (AvgIpc) is 3.43. The number of hydrogen-bond donors (Lipinski definition) is 1. The maximum atomic E-state index is 12.9. The van der Waals surface area contributed by atoms with E-state index >= 15 is 0 Å². The summed E-state index contributed by atoms with van der Waals surface area (Å²) in [7, 11) is 0. The number of hydrogen-bond acceptors (Lipinski definition) is 4. The summed E-state index contributed by atoms with van der Waals surface area (Å²) in [6.07, 6.45) is 12.7. The molecule has 3 aliphatic rings. The molecule has 3 fully saturated rings. The summed E-state index contributed by atoms with van der Waals surface area (Å²) in [6, 6.07) is 13.2. The molecule has 2 aliphatic carbocycles. The molecule has 2 aromatic rings. The lowest BCUT2D eigenvalue weighted by Crippen LogP contribution is -2.25. The molecule has 0 spiro atoms. The van der Waals surface area contributed by atoms with Crippen LogP contribution in [0.5, 0.6) is 11.5 Å². The average molecular weight is 477 g/mol. The summed E-state index contributed by atoms with van der Waals surface area (Å²) in [5, 5.41) is 0. The molecule has 2 saturated carbocycles. The first kappa shape index (κ1) is 23.7.